The fourth-order valence-corrected chi connectivity index (χ4v) is 2.21. The highest BCUT2D eigenvalue weighted by Crippen LogP contribution is 2.33. The van der Waals surface area contributed by atoms with Gasteiger partial charge in [-0.1, -0.05) is 12.1 Å². The fourth-order valence-electron chi connectivity index (χ4n) is 2.21. The molecule has 9 heteroatoms. The van der Waals surface area contributed by atoms with Gasteiger partial charge in [-0.25, -0.2) is 4.99 Å². The number of alkyl halides is 2. The number of nitrogens with one attached hydrogen (secondary N) is 1. The van der Waals surface area contributed by atoms with Crippen molar-refractivity contribution in [3.05, 3.63) is 48.0 Å². The largest absolute Gasteiger partial charge is 0.497 e. The second-order valence-electron chi connectivity index (χ2n) is 5.11. The van der Waals surface area contributed by atoms with Gasteiger partial charge in [0.15, 0.2) is 17.5 Å². The number of nitrogens with zero attached hydrogens (tertiary/aromatic N) is 1. The topological polar surface area (TPSA) is 78.1 Å². The molecule has 2 rings (SSSR count). The first-order valence-corrected chi connectivity index (χ1v) is 7.94. The fraction of sp³-hybridized carbons (Fsp3) is 0.278. The molecular weight excluding hydrogens is 471 g/mol. The van der Waals surface area contributed by atoms with E-state index in [0.29, 0.717) is 17.9 Å². The van der Waals surface area contributed by atoms with Crippen molar-refractivity contribution in [3.63, 3.8) is 0 Å². The summed E-state index contributed by atoms with van der Waals surface area (Å²) in [5.41, 5.74) is 7.02. The molecule has 0 atom stereocenters. The van der Waals surface area contributed by atoms with Crippen molar-refractivity contribution in [3.8, 4) is 17.2 Å². The van der Waals surface area contributed by atoms with E-state index < -0.39 is 6.61 Å². The number of hydrogen-bond donors (Lipinski definition) is 2. The summed E-state index contributed by atoms with van der Waals surface area (Å²) >= 11 is 0. The van der Waals surface area contributed by atoms with Crippen LogP contribution in [0.2, 0.25) is 0 Å². The zero-order valence-corrected chi connectivity index (χ0v) is 17.3. The Balaban J connectivity index is 0.00000364. The van der Waals surface area contributed by atoms with Crippen LogP contribution in [0.5, 0.6) is 17.2 Å². The highest BCUT2D eigenvalue weighted by atomic mass is 127. The van der Waals surface area contributed by atoms with Crippen molar-refractivity contribution in [1.82, 2.24) is 0 Å². The smallest absolute Gasteiger partial charge is 0.387 e. The van der Waals surface area contributed by atoms with Gasteiger partial charge in [0.2, 0.25) is 0 Å². The van der Waals surface area contributed by atoms with Crippen LogP contribution in [0.25, 0.3) is 0 Å². The van der Waals surface area contributed by atoms with Gasteiger partial charge in [-0.3, -0.25) is 0 Å². The highest BCUT2D eigenvalue weighted by Gasteiger charge is 2.15. The highest BCUT2D eigenvalue weighted by molar-refractivity contribution is 14.0. The van der Waals surface area contributed by atoms with Gasteiger partial charge in [-0.2, -0.15) is 8.78 Å². The predicted molar refractivity (Wildman–Crippen MR) is 112 cm³/mol. The molecule has 0 radical (unpaired) electrons. The molecule has 0 aromatic heterocycles. The van der Waals surface area contributed by atoms with Gasteiger partial charge in [0.05, 0.1) is 20.3 Å². The van der Waals surface area contributed by atoms with E-state index in [2.05, 4.69) is 15.0 Å². The number of aliphatic imine (C=N–C) groups is 1. The number of hydrogen-bond acceptors (Lipinski definition) is 4. The van der Waals surface area contributed by atoms with Gasteiger partial charge >= 0.3 is 6.61 Å². The molecular formula is C18H22F2IN3O3. The molecule has 0 spiro atoms. The molecule has 0 amide bonds. The Morgan fingerprint density at radius 2 is 1.89 bits per heavy atom. The minimum atomic E-state index is -2.96. The van der Waals surface area contributed by atoms with E-state index in [9.17, 15) is 8.78 Å². The predicted octanol–water partition coefficient (Wildman–Crippen LogP) is 4.24. The molecule has 148 valence electrons. The van der Waals surface area contributed by atoms with Crippen LogP contribution in [0.4, 0.5) is 14.5 Å². The molecule has 27 heavy (non-hydrogen) atoms. The first-order valence-electron chi connectivity index (χ1n) is 7.94. The van der Waals surface area contributed by atoms with Crippen LogP contribution in [0.3, 0.4) is 0 Å². The second-order valence-corrected chi connectivity index (χ2v) is 5.11. The normalized spacial score (nSPS) is 10.9. The minimum Gasteiger partial charge on any atom is -0.497 e. The van der Waals surface area contributed by atoms with E-state index in [-0.39, 0.29) is 48.0 Å². The van der Waals surface area contributed by atoms with Gasteiger partial charge in [-0.15, -0.1) is 24.0 Å². The SMILES string of the molecule is CCOc1cccc(CN=C(N)Nc2ccc(OC)cc2)c1OC(F)F.I. The Kier molecular flexibility index (Phi) is 9.62. The summed E-state index contributed by atoms with van der Waals surface area (Å²) in [5.74, 6) is 1.06. The van der Waals surface area contributed by atoms with Crippen LogP contribution < -0.4 is 25.3 Å². The van der Waals surface area contributed by atoms with Crippen LogP contribution in [0.15, 0.2) is 47.5 Å². The van der Waals surface area contributed by atoms with E-state index >= 15 is 0 Å². The number of methoxy groups -OCH3 is 1. The summed E-state index contributed by atoms with van der Waals surface area (Å²) in [6, 6.07) is 12.0. The summed E-state index contributed by atoms with van der Waals surface area (Å²) in [4.78, 5) is 4.17. The molecule has 0 fully saturated rings. The van der Waals surface area contributed by atoms with E-state index in [4.69, 9.17) is 15.2 Å². The lowest BCUT2D eigenvalue weighted by atomic mass is 10.2. The molecule has 0 unspecified atom stereocenters. The molecule has 0 saturated heterocycles. The molecule has 3 N–H and O–H groups in total. The number of halogens is 3. The van der Waals surface area contributed by atoms with Crippen molar-refractivity contribution < 1.29 is 23.0 Å². The molecule has 2 aromatic carbocycles. The number of ether oxygens (including phenoxy) is 3. The number of nitrogens with two attached hydrogens (primary N) is 1. The van der Waals surface area contributed by atoms with Gasteiger partial charge in [-0.05, 0) is 37.3 Å². The maximum Gasteiger partial charge on any atom is 0.387 e. The number of guanidine groups is 1. The molecule has 0 bridgehead atoms. The number of rotatable bonds is 8. The zero-order chi connectivity index (χ0) is 18.9. The van der Waals surface area contributed by atoms with Crippen LogP contribution >= 0.6 is 24.0 Å². The summed E-state index contributed by atoms with van der Waals surface area (Å²) < 4.78 is 40.4. The van der Waals surface area contributed by atoms with Crippen molar-refractivity contribution in [2.75, 3.05) is 19.0 Å². The molecule has 0 aliphatic rings. The lowest BCUT2D eigenvalue weighted by molar-refractivity contribution is -0.0520. The quantitative estimate of drug-likeness (QED) is 0.327. The number of benzene rings is 2. The van der Waals surface area contributed by atoms with Gasteiger partial charge in [0, 0.05) is 11.3 Å². The molecule has 0 saturated carbocycles. The average molecular weight is 493 g/mol. The lowest BCUT2D eigenvalue weighted by Gasteiger charge is -2.14. The minimum absolute atomic E-state index is 0. The summed E-state index contributed by atoms with van der Waals surface area (Å²) in [7, 11) is 1.58. The van der Waals surface area contributed by atoms with Crippen LogP contribution in [-0.2, 0) is 6.54 Å². The molecule has 0 heterocycles. The Hall–Kier alpha value is -2.30. The zero-order valence-electron chi connectivity index (χ0n) is 14.9. The van der Waals surface area contributed by atoms with Crippen molar-refractivity contribution in [2.24, 2.45) is 10.7 Å². The van der Waals surface area contributed by atoms with E-state index in [1.807, 2.05) is 0 Å². The first kappa shape index (κ1) is 22.7. The monoisotopic (exact) mass is 493 g/mol. The van der Waals surface area contributed by atoms with Gasteiger partial charge in [0.25, 0.3) is 0 Å². The van der Waals surface area contributed by atoms with Crippen molar-refractivity contribution in [2.45, 2.75) is 20.1 Å². The first-order chi connectivity index (χ1) is 12.5. The Labute approximate surface area is 173 Å². The molecule has 6 nitrogen and oxygen atoms in total. The number of anilines is 1. The molecule has 0 aliphatic heterocycles. The Morgan fingerprint density at radius 3 is 2.48 bits per heavy atom. The van der Waals surface area contributed by atoms with Crippen LogP contribution in [-0.4, -0.2) is 26.3 Å². The third-order valence-electron chi connectivity index (χ3n) is 3.35. The van der Waals surface area contributed by atoms with Crippen molar-refractivity contribution in [1.29, 1.82) is 0 Å². The molecule has 2 aromatic rings. The van der Waals surface area contributed by atoms with E-state index in [1.54, 1.807) is 56.5 Å². The number of para-hydroxylation sites is 1. The summed E-state index contributed by atoms with van der Waals surface area (Å²) in [5, 5.41) is 2.92. The standard InChI is InChI=1S/C18H21F2N3O3.HI/c1-3-25-15-6-4-5-12(16(15)26-17(19)20)11-22-18(21)23-13-7-9-14(24-2)10-8-13;/h4-10,17H,3,11H2,1-2H3,(H3,21,22,23);1H. The summed E-state index contributed by atoms with van der Waals surface area (Å²) in [6.45, 7) is -0.826. The second kappa shape index (κ2) is 11.4. The Bertz CT molecular complexity index is 743. The van der Waals surface area contributed by atoms with Crippen LogP contribution in [0.1, 0.15) is 12.5 Å². The third-order valence-corrected chi connectivity index (χ3v) is 3.35. The van der Waals surface area contributed by atoms with E-state index in [1.165, 1.54) is 0 Å². The van der Waals surface area contributed by atoms with Gasteiger partial charge in [0.1, 0.15) is 5.75 Å². The Morgan fingerprint density at radius 1 is 1.19 bits per heavy atom. The molecule has 0 aliphatic carbocycles. The average Bonchev–Trinajstić information content (AvgIpc) is 2.62. The summed E-state index contributed by atoms with van der Waals surface area (Å²) in [6.07, 6.45) is 0. The van der Waals surface area contributed by atoms with Crippen LogP contribution in [0, 0.1) is 0 Å². The third kappa shape index (κ3) is 7.08. The van der Waals surface area contributed by atoms with Crippen molar-refractivity contribution >= 4 is 35.6 Å². The maximum atomic E-state index is 12.7. The lowest BCUT2D eigenvalue weighted by Crippen LogP contribution is -2.22. The van der Waals surface area contributed by atoms with E-state index in [0.717, 1.165) is 5.69 Å². The van der Waals surface area contributed by atoms with Gasteiger partial charge < -0.3 is 25.3 Å². The maximum absolute atomic E-state index is 12.7.